The highest BCUT2D eigenvalue weighted by Crippen LogP contribution is 2.25. The van der Waals surface area contributed by atoms with Crippen molar-refractivity contribution in [3.05, 3.63) is 78.2 Å². The highest BCUT2D eigenvalue weighted by molar-refractivity contribution is 5.71. The van der Waals surface area contributed by atoms with Crippen LogP contribution in [0.4, 0.5) is 4.39 Å². The van der Waals surface area contributed by atoms with Crippen LogP contribution < -0.4 is 0 Å². The quantitative estimate of drug-likeness (QED) is 0.645. The molecule has 1 aromatic heterocycles. The molecule has 0 atom stereocenters. The second-order valence-electron chi connectivity index (χ2n) is 4.52. The van der Waals surface area contributed by atoms with Crippen LogP contribution in [0, 0.1) is 12.7 Å². The van der Waals surface area contributed by atoms with Crippen molar-refractivity contribution < 1.29 is 8.50 Å². The van der Waals surface area contributed by atoms with E-state index in [0.29, 0.717) is 5.69 Å². The Morgan fingerprint density at radius 1 is 0.900 bits per heavy atom. The average Bonchev–Trinajstić information content (AvgIpc) is 2.55. The molecule has 0 aliphatic rings. The lowest BCUT2D eigenvalue weighted by atomic mass is 10.0. The van der Waals surface area contributed by atoms with Crippen LogP contribution in [0.2, 0.25) is 0 Å². The smallest absolute Gasteiger partial charge is 0.123 e. The summed E-state index contributed by atoms with van der Waals surface area (Å²) in [6.07, 6.45) is 1.38. The molecule has 0 aliphatic heterocycles. The predicted molar refractivity (Wildman–Crippen MR) is 79.8 cm³/mol. The Labute approximate surface area is 122 Å². The maximum absolute atomic E-state index is 13.0. The molecule has 0 spiro atoms. The van der Waals surface area contributed by atoms with E-state index in [0.717, 1.165) is 16.7 Å². The Kier molecular flexibility index (Phi) is 2.48. The van der Waals surface area contributed by atoms with Gasteiger partial charge in [-0.2, -0.15) is 0 Å². The fourth-order valence-corrected chi connectivity index (χ4v) is 2.07. The SMILES string of the molecule is [2H]C([2H])([2H])c1ccc(-c2cccc(-c3ccc(F)cc3)c2)nc1. The van der Waals surface area contributed by atoms with E-state index in [2.05, 4.69) is 4.98 Å². The second-order valence-corrected chi connectivity index (χ2v) is 4.52. The monoisotopic (exact) mass is 266 g/mol. The van der Waals surface area contributed by atoms with Gasteiger partial charge in [0, 0.05) is 15.9 Å². The minimum absolute atomic E-state index is 0.218. The number of hydrogen-bond donors (Lipinski definition) is 0. The maximum atomic E-state index is 13.0. The summed E-state index contributed by atoms with van der Waals surface area (Å²) >= 11 is 0. The van der Waals surface area contributed by atoms with Gasteiger partial charge in [0.25, 0.3) is 0 Å². The summed E-state index contributed by atoms with van der Waals surface area (Å²) in [5, 5.41) is 0. The van der Waals surface area contributed by atoms with Gasteiger partial charge in [0.2, 0.25) is 0 Å². The molecule has 2 heteroatoms. The lowest BCUT2D eigenvalue weighted by Crippen LogP contribution is -1.85. The zero-order valence-electron chi connectivity index (χ0n) is 13.7. The van der Waals surface area contributed by atoms with Gasteiger partial charge in [0.05, 0.1) is 5.69 Å². The Hall–Kier alpha value is -2.48. The van der Waals surface area contributed by atoms with Gasteiger partial charge in [0.15, 0.2) is 0 Å². The minimum atomic E-state index is -2.15. The number of benzene rings is 2. The molecular formula is C18H14FN. The van der Waals surface area contributed by atoms with Crippen LogP contribution in [0.1, 0.15) is 9.68 Å². The predicted octanol–water partition coefficient (Wildman–Crippen LogP) is 4.86. The van der Waals surface area contributed by atoms with E-state index < -0.39 is 6.85 Å². The third-order valence-corrected chi connectivity index (χ3v) is 3.10. The van der Waals surface area contributed by atoms with Crippen molar-refractivity contribution in [3.8, 4) is 22.4 Å². The van der Waals surface area contributed by atoms with Crippen LogP contribution in [0.15, 0.2) is 66.9 Å². The Morgan fingerprint density at radius 3 is 2.40 bits per heavy atom. The molecule has 0 aliphatic carbocycles. The summed E-state index contributed by atoms with van der Waals surface area (Å²) in [4.78, 5) is 4.24. The zero-order chi connectivity index (χ0) is 16.4. The van der Waals surface area contributed by atoms with Gasteiger partial charge in [0.1, 0.15) is 5.82 Å². The molecule has 0 saturated carbocycles. The number of aryl methyl sites for hydroxylation is 1. The van der Waals surface area contributed by atoms with Crippen molar-refractivity contribution in [1.82, 2.24) is 4.98 Å². The number of hydrogen-bond acceptors (Lipinski definition) is 1. The van der Waals surface area contributed by atoms with Gasteiger partial charge in [-0.3, -0.25) is 4.98 Å². The van der Waals surface area contributed by atoms with Crippen LogP contribution >= 0.6 is 0 Å². The molecule has 0 amide bonds. The normalized spacial score (nSPS) is 13.3. The molecule has 0 radical (unpaired) electrons. The lowest BCUT2D eigenvalue weighted by Gasteiger charge is -2.06. The minimum Gasteiger partial charge on any atom is -0.256 e. The molecule has 0 bridgehead atoms. The second kappa shape index (κ2) is 5.25. The van der Waals surface area contributed by atoms with E-state index in [1.54, 1.807) is 24.3 Å². The maximum Gasteiger partial charge on any atom is 0.123 e. The first-order chi connectivity index (χ1) is 10.9. The van der Waals surface area contributed by atoms with Gasteiger partial charge in [-0.05, 0) is 47.8 Å². The fourth-order valence-electron chi connectivity index (χ4n) is 2.07. The lowest BCUT2D eigenvalue weighted by molar-refractivity contribution is 0.628. The van der Waals surface area contributed by atoms with E-state index in [-0.39, 0.29) is 11.4 Å². The van der Waals surface area contributed by atoms with Crippen LogP contribution in [-0.2, 0) is 0 Å². The molecule has 2 aromatic carbocycles. The molecule has 3 aromatic rings. The molecular weight excluding hydrogens is 249 g/mol. The number of aromatic nitrogens is 1. The molecule has 0 N–H and O–H groups in total. The first-order valence-electron chi connectivity index (χ1n) is 7.76. The number of rotatable bonds is 2. The molecule has 1 nitrogen and oxygen atoms in total. The topological polar surface area (TPSA) is 12.9 Å². The summed E-state index contributed by atoms with van der Waals surface area (Å²) in [7, 11) is 0. The third-order valence-electron chi connectivity index (χ3n) is 3.10. The summed E-state index contributed by atoms with van der Waals surface area (Å²) < 4.78 is 35.1. The largest absolute Gasteiger partial charge is 0.256 e. The van der Waals surface area contributed by atoms with E-state index in [9.17, 15) is 4.39 Å². The van der Waals surface area contributed by atoms with E-state index in [4.69, 9.17) is 4.11 Å². The summed E-state index contributed by atoms with van der Waals surface area (Å²) in [6, 6.07) is 17.2. The van der Waals surface area contributed by atoms with Crippen molar-refractivity contribution >= 4 is 0 Å². The van der Waals surface area contributed by atoms with Gasteiger partial charge in [-0.1, -0.05) is 36.4 Å². The Balaban J connectivity index is 1.95. The van der Waals surface area contributed by atoms with Crippen molar-refractivity contribution in [2.45, 2.75) is 6.85 Å². The van der Waals surface area contributed by atoms with Crippen LogP contribution in [0.5, 0.6) is 0 Å². The molecule has 0 unspecified atom stereocenters. The van der Waals surface area contributed by atoms with Crippen molar-refractivity contribution in [3.63, 3.8) is 0 Å². The molecule has 0 saturated heterocycles. The highest BCUT2D eigenvalue weighted by Gasteiger charge is 2.02. The average molecular weight is 266 g/mol. The van der Waals surface area contributed by atoms with Crippen LogP contribution in [0.25, 0.3) is 22.4 Å². The summed E-state index contributed by atoms with van der Waals surface area (Å²) in [5.41, 5.74) is 3.65. The molecule has 3 rings (SSSR count). The number of nitrogens with zero attached hydrogens (tertiary/aromatic N) is 1. The molecule has 20 heavy (non-hydrogen) atoms. The molecule has 0 fully saturated rings. The molecule has 98 valence electrons. The Bertz CT molecular complexity index is 809. The molecule has 1 heterocycles. The number of pyridine rings is 1. The van der Waals surface area contributed by atoms with Gasteiger partial charge < -0.3 is 0 Å². The zero-order valence-corrected chi connectivity index (χ0v) is 10.7. The number of halogens is 1. The first-order valence-corrected chi connectivity index (χ1v) is 6.26. The summed E-state index contributed by atoms with van der Waals surface area (Å²) in [5.74, 6) is -0.271. The first kappa shape index (κ1) is 9.43. The standard InChI is InChI=1S/C18H14FN/c1-13-5-10-18(20-12-13)16-4-2-3-15(11-16)14-6-8-17(19)9-7-14/h2-12H,1H3/i1D3. The highest BCUT2D eigenvalue weighted by atomic mass is 19.1. The third kappa shape index (κ3) is 2.59. The van der Waals surface area contributed by atoms with E-state index in [1.165, 1.54) is 18.3 Å². The van der Waals surface area contributed by atoms with Crippen LogP contribution in [-0.4, -0.2) is 4.98 Å². The summed E-state index contributed by atoms with van der Waals surface area (Å²) in [6.45, 7) is -2.15. The fraction of sp³-hybridized carbons (Fsp3) is 0.0556. The van der Waals surface area contributed by atoms with Crippen molar-refractivity contribution in [2.24, 2.45) is 0 Å². The van der Waals surface area contributed by atoms with Crippen molar-refractivity contribution in [1.29, 1.82) is 0 Å². The van der Waals surface area contributed by atoms with E-state index >= 15 is 0 Å². The Morgan fingerprint density at radius 2 is 1.70 bits per heavy atom. The van der Waals surface area contributed by atoms with Gasteiger partial charge >= 0.3 is 0 Å². The van der Waals surface area contributed by atoms with Gasteiger partial charge in [-0.25, -0.2) is 4.39 Å². The van der Waals surface area contributed by atoms with E-state index in [1.807, 2.05) is 24.3 Å². The van der Waals surface area contributed by atoms with Crippen LogP contribution in [0.3, 0.4) is 0 Å². The van der Waals surface area contributed by atoms with Crippen molar-refractivity contribution in [2.75, 3.05) is 0 Å². The van der Waals surface area contributed by atoms with Gasteiger partial charge in [-0.15, -0.1) is 0 Å².